The molecule has 9 heteroatoms. The van der Waals surface area contributed by atoms with Crippen molar-refractivity contribution < 1.29 is 23.5 Å². The van der Waals surface area contributed by atoms with Crippen molar-refractivity contribution >= 4 is 22.1 Å². The van der Waals surface area contributed by atoms with E-state index in [1.807, 2.05) is 44.2 Å². The fourth-order valence-electron chi connectivity index (χ4n) is 4.91. The van der Waals surface area contributed by atoms with Crippen LogP contribution in [0, 0.1) is 11.8 Å². The van der Waals surface area contributed by atoms with Crippen LogP contribution in [0.1, 0.15) is 63.5 Å². The van der Waals surface area contributed by atoms with Gasteiger partial charge in [-0.05, 0) is 54.4 Å². The number of nitrogens with one attached hydrogen (secondary N) is 1. The molecule has 0 heterocycles. The Morgan fingerprint density at radius 1 is 1.13 bits per heavy atom. The van der Waals surface area contributed by atoms with Gasteiger partial charge in [-0.1, -0.05) is 80.7 Å². The normalized spacial score (nSPS) is 17.1. The number of carbonyl (C=O) groups is 1. The topological polar surface area (TPSA) is 119 Å². The minimum Gasteiger partial charge on any atom is -0.411 e. The van der Waals surface area contributed by atoms with Crippen LogP contribution in [-0.2, 0) is 21.2 Å². The Kier molecular flexibility index (Phi) is 11.3. The van der Waals surface area contributed by atoms with Crippen molar-refractivity contribution in [2.24, 2.45) is 17.0 Å². The first-order valence-electron chi connectivity index (χ1n) is 13.5. The van der Waals surface area contributed by atoms with Gasteiger partial charge in [-0.3, -0.25) is 4.79 Å². The second-order valence-electron chi connectivity index (χ2n) is 10.4. The summed E-state index contributed by atoms with van der Waals surface area (Å²) in [5, 5.41) is 26.2. The Bertz CT molecular complexity index is 1130. The van der Waals surface area contributed by atoms with Crippen molar-refractivity contribution in [1.29, 1.82) is 0 Å². The predicted octanol–water partition coefficient (Wildman–Crippen LogP) is 4.20. The molecule has 8 nitrogen and oxygen atoms in total. The van der Waals surface area contributed by atoms with Crippen LogP contribution >= 0.6 is 0 Å². The molecule has 1 fully saturated rings. The van der Waals surface area contributed by atoms with Crippen molar-refractivity contribution in [1.82, 2.24) is 9.62 Å². The van der Waals surface area contributed by atoms with Gasteiger partial charge in [0.2, 0.25) is 15.9 Å². The maximum Gasteiger partial charge on any atom is 0.243 e. The van der Waals surface area contributed by atoms with E-state index < -0.39 is 22.2 Å². The monoisotopic (exact) mass is 543 g/mol. The van der Waals surface area contributed by atoms with Crippen LogP contribution in [0.2, 0.25) is 0 Å². The first kappa shape index (κ1) is 29.8. The van der Waals surface area contributed by atoms with Gasteiger partial charge in [-0.25, -0.2) is 8.42 Å². The van der Waals surface area contributed by atoms with E-state index in [-0.39, 0.29) is 29.2 Å². The molecule has 1 aliphatic carbocycles. The van der Waals surface area contributed by atoms with Crippen molar-refractivity contribution in [2.75, 3.05) is 13.1 Å². The van der Waals surface area contributed by atoms with Crippen LogP contribution < -0.4 is 5.32 Å². The van der Waals surface area contributed by atoms with Gasteiger partial charge in [0.15, 0.2) is 0 Å². The zero-order valence-corrected chi connectivity index (χ0v) is 23.2. The summed E-state index contributed by atoms with van der Waals surface area (Å²) >= 11 is 0. The number of amides is 1. The fraction of sp³-hybridized carbons (Fsp3) is 0.517. The Morgan fingerprint density at radius 3 is 2.39 bits per heavy atom. The number of sulfonamides is 1. The minimum absolute atomic E-state index is 0.109. The summed E-state index contributed by atoms with van der Waals surface area (Å²) in [6, 6.07) is 15.1. The lowest BCUT2D eigenvalue weighted by Gasteiger charge is -2.31. The smallest absolute Gasteiger partial charge is 0.243 e. The highest BCUT2D eigenvalue weighted by molar-refractivity contribution is 7.89. The SMILES string of the molecule is CCC(C)CC(=O)N[C@@H](Cc1ccccc1)[C@H](O)CN(CC1CCCC1)S(=O)(=O)c1ccc(C=NO)cc1. The Morgan fingerprint density at radius 2 is 1.79 bits per heavy atom. The van der Waals surface area contributed by atoms with E-state index in [0.717, 1.165) is 37.7 Å². The number of carbonyl (C=O) groups excluding carboxylic acids is 1. The summed E-state index contributed by atoms with van der Waals surface area (Å²) < 4.78 is 28.9. The largest absolute Gasteiger partial charge is 0.411 e. The molecule has 2 aromatic carbocycles. The number of aliphatic hydroxyl groups excluding tert-OH is 1. The molecule has 3 N–H and O–H groups in total. The molecule has 0 radical (unpaired) electrons. The third-order valence-corrected chi connectivity index (χ3v) is 9.24. The number of oxime groups is 1. The lowest BCUT2D eigenvalue weighted by Crippen LogP contribution is -2.51. The molecule has 1 aliphatic rings. The highest BCUT2D eigenvalue weighted by atomic mass is 32.2. The maximum atomic E-state index is 13.8. The second kappa shape index (κ2) is 14.4. The molecule has 0 spiro atoms. The second-order valence-corrected chi connectivity index (χ2v) is 12.4. The van der Waals surface area contributed by atoms with E-state index in [2.05, 4.69) is 10.5 Å². The van der Waals surface area contributed by atoms with Crippen LogP contribution in [0.15, 0.2) is 64.6 Å². The van der Waals surface area contributed by atoms with E-state index in [1.165, 1.54) is 22.7 Å². The molecule has 0 aromatic heterocycles. The van der Waals surface area contributed by atoms with Gasteiger partial charge in [0.1, 0.15) is 0 Å². The number of benzene rings is 2. The molecule has 1 saturated carbocycles. The zero-order valence-electron chi connectivity index (χ0n) is 22.4. The van der Waals surface area contributed by atoms with Crippen LogP contribution in [0.4, 0.5) is 0 Å². The quantitative estimate of drug-likeness (QED) is 0.187. The van der Waals surface area contributed by atoms with Crippen LogP contribution in [0.5, 0.6) is 0 Å². The standard InChI is InChI=1S/C29H41N3O5S/c1-3-22(2)17-29(34)31-27(18-23-9-5-4-6-10-23)28(33)21-32(20-25-11-7-8-12-25)38(36,37)26-15-13-24(14-16-26)19-30-35/h4-6,9-10,13-16,19,22,25,27-28,33,35H,3,7-8,11-12,17-18,20-21H2,1-2H3,(H,31,34)/t22?,27-,28+/m0/s1. The molecule has 0 aliphatic heterocycles. The highest BCUT2D eigenvalue weighted by Crippen LogP contribution is 2.28. The predicted molar refractivity (Wildman–Crippen MR) is 149 cm³/mol. The maximum absolute atomic E-state index is 13.8. The van der Waals surface area contributed by atoms with Gasteiger partial charge in [-0.15, -0.1) is 0 Å². The van der Waals surface area contributed by atoms with Crippen LogP contribution in [0.25, 0.3) is 0 Å². The third-order valence-electron chi connectivity index (χ3n) is 7.39. The summed E-state index contributed by atoms with van der Waals surface area (Å²) in [5.74, 6) is 0.290. The summed E-state index contributed by atoms with van der Waals surface area (Å²) in [5.41, 5.74) is 1.52. The van der Waals surface area contributed by atoms with Gasteiger partial charge in [0.05, 0.1) is 23.3 Å². The Hall–Kier alpha value is -2.75. The summed E-state index contributed by atoms with van der Waals surface area (Å²) in [6.07, 6.45) is 5.77. The van der Waals surface area contributed by atoms with Gasteiger partial charge in [-0.2, -0.15) is 4.31 Å². The van der Waals surface area contributed by atoms with Gasteiger partial charge in [0.25, 0.3) is 0 Å². The first-order chi connectivity index (χ1) is 18.2. The summed E-state index contributed by atoms with van der Waals surface area (Å²) in [7, 11) is -3.92. The summed E-state index contributed by atoms with van der Waals surface area (Å²) in [6.45, 7) is 4.23. The average molecular weight is 544 g/mol. The number of rotatable bonds is 14. The molecule has 208 valence electrons. The first-order valence-corrected chi connectivity index (χ1v) is 15.0. The number of aliphatic hydroxyl groups is 1. The van der Waals surface area contributed by atoms with E-state index in [0.29, 0.717) is 24.9 Å². The molecular formula is C29H41N3O5S. The van der Waals surface area contributed by atoms with Gasteiger partial charge >= 0.3 is 0 Å². The zero-order chi connectivity index (χ0) is 27.5. The third kappa shape index (κ3) is 8.64. The van der Waals surface area contributed by atoms with E-state index >= 15 is 0 Å². The molecule has 1 amide bonds. The molecule has 0 saturated heterocycles. The molecule has 3 rings (SSSR count). The number of hydrogen-bond acceptors (Lipinski definition) is 6. The Labute approximate surface area is 226 Å². The van der Waals surface area contributed by atoms with Crippen molar-refractivity contribution in [3.05, 3.63) is 65.7 Å². The lowest BCUT2D eigenvalue weighted by molar-refractivity contribution is -0.123. The number of hydrogen-bond donors (Lipinski definition) is 3. The van der Waals surface area contributed by atoms with Crippen molar-refractivity contribution in [3.63, 3.8) is 0 Å². The minimum atomic E-state index is -3.92. The van der Waals surface area contributed by atoms with Gasteiger partial charge in [0, 0.05) is 19.5 Å². The molecule has 0 bridgehead atoms. The van der Waals surface area contributed by atoms with E-state index in [9.17, 15) is 18.3 Å². The van der Waals surface area contributed by atoms with Gasteiger partial charge < -0.3 is 15.6 Å². The molecule has 1 unspecified atom stereocenters. The number of nitrogens with zero attached hydrogens (tertiary/aromatic N) is 2. The molecule has 3 atom stereocenters. The molecule has 2 aromatic rings. The summed E-state index contributed by atoms with van der Waals surface area (Å²) in [4.78, 5) is 12.9. The highest BCUT2D eigenvalue weighted by Gasteiger charge is 2.33. The molecular weight excluding hydrogens is 502 g/mol. The van der Waals surface area contributed by atoms with Crippen molar-refractivity contribution in [2.45, 2.75) is 75.8 Å². The Balaban J connectivity index is 1.85. The molecule has 38 heavy (non-hydrogen) atoms. The lowest BCUT2D eigenvalue weighted by atomic mass is 9.99. The van der Waals surface area contributed by atoms with Crippen LogP contribution in [0.3, 0.4) is 0 Å². The fourth-order valence-corrected chi connectivity index (χ4v) is 6.44. The van der Waals surface area contributed by atoms with E-state index in [1.54, 1.807) is 12.1 Å². The van der Waals surface area contributed by atoms with Crippen molar-refractivity contribution in [3.8, 4) is 0 Å². The van der Waals surface area contributed by atoms with E-state index in [4.69, 9.17) is 5.21 Å². The van der Waals surface area contributed by atoms with Crippen LogP contribution in [-0.4, -0.2) is 60.4 Å². The average Bonchev–Trinajstić information content (AvgIpc) is 3.42.